The lowest BCUT2D eigenvalue weighted by Gasteiger charge is -2.12. The highest BCUT2D eigenvalue weighted by Crippen LogP contribution is 2.37. The van der Waals surface area contributed by atoms with Crippen LogP contribution in [0.5, 0.6) is 0 Å². The predicted molar refractivity (Wildman–Crippen MR) is 73.7 cm³/mol. The molecule has 17 heavy (non-hydrogen) atoms. The molecule has 1 aromatic heterocycles. The Morgan fingerprint density at radius 1 is 1.35 bits per heavy atom. The fourth-order valence-corrected chi connectivity index (χ4v) is 3.86. The monoisotopic (exact) mass is 262 g/mol. The first kappa shape index (κ1) is 11.3. The van der Waals surface area contributed by atoms with E-state index in [1.165, 1.54) is 16.2 Å². The van der Waals surface area contributed by atoms with Crippen LogP contribution in [0.2, 0.25) is 0 Å². The summed E-state index contributed by atoms with van der Waals surface area (Å²) in [5.41, 5.74) is 4.55. The number of rotatable bonds is 4. The Labute approximate surface area is 109 Å². The number of thioether (sulfide) groups is 1. The maximum atomic E-state index is 4.30. The SMILES string of the molecule is c1ccc2c(c1)SCC2NCCc1cscn1. The van der Waals surface area contributed by atoms with Crippen LogP contribution in [0, 0.1) is 0 Å². The van der Waals surface area contributed by atoms with Crippen LogP contribution in [0.4, 0.5) is 0 Å². The molecule has 0 fully saturated rings. The van der Waals surface area contributed by atoms with Crippen molar-refractivity contribution >= 4 is 23.1 Å². The Balaban J connectivity index is 1.57. The highest BCUT2D eigenvalue weighted by Gasteiger charge is 2.21. The molecule has 2 nitrogen and oxygen atoms in total. The largest absolute Gasteiger partial charge is 0.309 e. The minimum Gasteiger partial charge on any atom is -0.309 e. The molecule has 0 amide bonds. The van der Waals surface area contributed by atoms with Gasteiger partial charge in [-0.3, -0.25) is 0 Å². The molecule has 1 aliphatic rings. The zero-order valence-electron chi connectivity index (χ0n) is 9.43. The van der Waals surface area contributed by atoms with Crippen LogP contribution in [-0.4, -0.2) is 17.3 Å². The van der Waals surface area contributed by atoms with Gasteiger partial charge in [0.05, 0.1) is 11.2 Å². The zero-order valence-corrected chi connectivity index (χ0v) is 11.1. The van der Waals surface area contributed by atoms with E-state index < -0.39 is 0 Å². The molecule has 0 bridgehead atoms. The first-order valence-electron chi connectivity index (χ1n) is 5.75. The summed E-state index contributed by atoms with van der Waals surface area (Å²) in [6, 6.07) is 9.19. The summed E-state index contributed by atoms with van der Waals surface area (Å²) in [4.78, 5) is 5.73. The third-order valence-corrected chi connectivity index (χ3v) is 4.77. The van der Waals surface area contributed by atoms with Gasteiger partial charge < -0.3 is 5.32 Å². The molecule has 3 rings (SSSR count). The summed E-state index contributed by atoms with van der Waals surface area (Å²) < 4.78 is 0. The Hall–Kier alpha value is -0.840. The second-order valence-electron chi connectivity index (χ2n) is 4.09. The van der Waals surface area contributed by atoms with Crippen molar-refractivity contribution < 1.29 is 0 Å². The molecule has 1 aromatic carbocycles. The molecule has 1 atom stereocenters. The molecule has 1 unspecified atom stereocenters. The van der Waals surface area contributed by atoms with Gasteiger partial charge in [-0.15, -0.1) is 23.1 Å². The number of nitrogens with zero attached hydrogens (tertiary/aromatic N) is 1. The van der Waals surface area contributed by atoms with E-state index in [0.29, 0.717) is 6.04 Å². The van der Waals surface area contributed by atoms with Crippen LogP contribution < -0.4 is 5.32 Å². The van der Waals surface area contributed by atoms with Crippen LogP contribution in [0.15, 0.2) is 40.1 Å². The highest BCUT2D eigenvalue weighted by molar-refractivity contribution is 7.99. The lowest BCUT2D eigenvalue weighted by atomic mass is 10.1. The van der Waals surface area contributed by atoms with E-state index in [9.17, 15) is 0 Å². The molecule has 1 N–H and O–H groups in total. The van der Waals surface area contributed by atoms with E-state index in [1.54, 1.807) is 11.3 Å². The fourth-order valence-electron chi connectivity index (χ4n) is 2.07. The van der Waals surface area contributed by atoms with Crippen molar-refractivity contribution in [3.05, 3.63) is 46.4 Å². The third-order valence-electron chi connectivity index (χ3n) is 2.96. The van der Waals surface area contributed by atoms with Crippen molar-refractivity contribution in [3.8, 4) is 0 Å². The molecule has 0 saturated carbocycles. The molecule has 4 heteroatoms. The molecule has 2 aromatic rings. The quantitative estimate of drug-likeness (QED) is 0.916. The lowest BCUT2D eigenvalue weighted by Crippen LogP contribution is -2.23. The summed E-state index contributed by atoms with van der Waals surface area (Å²) in [5, 5.41) is 5.74. The number of thiazole rings is 1. The first-order chi connectivity index (χ1) is 8.43. The van der Waals surface area contributed by atoms with Gasteiger partial charge in [-0.25, -0.2) is 4.98 Å². The van der Waals surface area contributed by atoms with E-state index in [0.717, 1.165) is 18.7 Å². The molecule has 0 saturated heterocycles. The zero-order chi connectivity index (χ0) is 11.5. The Kier molecular flexibility index (Phi) is 3.45. The average Bonchev–Trinajstić information content (AvgIpc) is 2.99. The van der Waals surface area contributed by atoms with E-state index in [2.05, 4.69) is 39.9 Å². The molecule has 0 radical (unpaired) electrons. The van der Waals surface area contributed by atoms with Gasteiger partial charge in [0.2, 0.25) is 0 Å². The molecule has 88 valence electrons. The highest BCUT2D eigenvalue weighted by atomic mass is 32.2. The lowest BCUT2D eigenvalue weighted by molar-refractivity contribution is 0.583. The summed E-state index contributed by atoms with van der Waals surface area (Å²) >= 11 is 3.62. The second kappa shape index (κ2) is 5.21. The summed E-state index contributed by atoms with van der Waals surface area (Å²) in [6.45, 7) is 1.00. The second-order valence-corrected chi connectivity index (χ2v) is 5.87. The minimum atomic E-state index is 0.509. The normalized spacial score (nSPS) is 18.2. The standard InChI is InChI=1S/C13H14N2S2/c1-2-4-13-11(3-1)12(8-17-13)14-6-5-10-7-16-9-15-10/h1-4,7,9,12,14H,5-6,8H2. The fraction of sp³-hybridized carbons (Fsp3) is 0.308. The van der Waals surface area contributed by atoms with Gasteiger partial charge in [0.1, 0.15) is 0 Å². The van der Waals surface area contributed by atoms with Crippen LogP contribution in [0.1, 0.15) is 17.3 Å². The Morgan fingerprint density at radius 2 is 2.29 bits per heavy atom. The van der Waals surface area contributed by atoms with Crippen molar-refractivity contribution in [2.24, 2.45) is 0 Å². The Bertz CT molecular complexity index is 482. The number of hydrogen-bond acceptors (Lipinski definition) is 4. The van der Waals surface area contributed by atoms with Crippen molar-refractivity contribution in [2.75, 3.05) is 12.3 Å². The summed E-state index contributed by atoms with van der Waals surface area (Å²) in [5.74, 6) is 1.15. The topological polar surface area (TPSA) is 24.9 Å². The molecule has 0 aliphatic carbocycles. The van der Waals surface area contributed by atoms with Gasteiger partial charge in [-0.1, -0.05) is 18.2 Å². The number of fused-ring (bicyclic) bond motifs is 1. The number of aromatic nitrogens is 1. The molecule has 0 spiro atoms. The van der Waals surface area contributed by atoms with Crippen LogP contribution in [0.25, 0.3) is 0 Å². The van der Waals surface area contributed by atoms with E-state index in [-0.39, 0.29) is 0 Å². The van der Waals surface area contributed by atoms with Gasteiger partial charge in [0, 0.05) is 35.0 Å². The third kappa shape index (κ3) is 2.54. The summed E-state index contributed by atoms with van der Waals surface area (Å²) in [6.07, 6.45) is 1.02. The van der Waals surface area contributed by atoms with Crippen molar-refractivity contribution in [1.82, 2.24) is 10.3 Å². The van der Waals surface area contributed by atoms with E-state index in [4.69, 9.17) is 0 Å². The molecular formula is C13H14N2S2. The number of nitrogens with one attached hydrogen (secondary N) is 1. The maximum absolute atomic E-state index is 4.30. The van der Waals surface area contributed by atoms with Gasteiger partial charge in [0.25, 0.3) is 0 Å². The van der Waals surface area contributed by atoms with Crippen molar-refractivity contribution in [1.29, 1.82) is 0 Å². The average molecular weight is 262 g/mol. The predicted octanol–water partition coefficient (Wildman–Crippen LogP) is 3.12. The Morgan fingerprint density at radius 3 is 3.18 bits per heavy atom. The first-order valence-corrected chi connectivity index (χ1v) is 7.68. The van der Waals surface area contributed by atoms with Crippen LogP contribution in [-0.2, 0) is 6.42 Å². The van der Waals surface area contributed by atoms with Crippen molar-refractivity contribution in [2.45, 2.75) is 17.4 Å². The van der Waals surface area contributed by atoms with Gasteiger partial charge in [-0.2, -0.15) is 0 Å². The number of benzene rings is 1. The molecule has 2 heterocycles. The summed E-state index contributed by atoms with van der Waals surface area (Å²) in [7, 11) is 0. The maximum Gasteiger partial charge on any atom is 0.0794 e. The smallest absolute Gasteiger partial charge is 0.0794 e. The van der Waals surface area contributed by atoms with Crippen LogP contribution >= 0.6 is 23.1 Å². The van der Waals surface area contributed by atoms with Gasteiger partial charge in [0.15, 0.2) is 0 Å². The minimum absolute atomic E-state index is 0.509. The van der Waals surface area contributed by atoms with Crippen molar-refractivity contribution in [3.63, 3.8) is 0 Å². The molecule has 1 aliphatic heterocycles. The van der Waals surface area contributed by atoms with Gasteiger partial charge >= 0.3 is 0 Å². The number of hydrogen-bond donors (Lipinski definition) is 1. The van der Waals surface area contributed by atoms with E-state index >= 15 is 0 Å². The van der Waals surface area contributed by atoms with E-state index in [1.807, 2.05) is 17.3 Å². The van der Waals surface area contributed by atoms with Gasteiger partial charge in [-0.05, 0) is 11.6 Å². The van der Waals surface area contributed by atoms with Crippen LogP contribution in [0.3, 0.4) is 0 Å². The molecular weight excluding hydrogens is 248 g/mol.